The van der Waals surface area contributed by atoms with Crippen LogP contribution < -0.4 is 5.73 Å². The number of aliphatic carboxylic acids is 1. The number of carbonyl (C=O) groups is 1. The molecule has 0 heterocycles. The number of hydrogen-bond acceptors (Lipinski definition) is 2. The molecule has 0 bridgehead atoms. The van der Waals surface area contributed by atoms with Crippen molar-refractivity contribution in [3.8, 4) is 0 Å². The van der Waals surface area contributed by atoms with Gasteiger partial charge in [0.1, 0.15) is 5.82 Å². The second-order valence-electron chi connectivity index (χ2n) is 3.80. The second kappa shape index (κ2) is 6.23. The molecular weight excluding hydrogens is 209 g/mol. The Morgan fingerprint density at radius 1 is 1.50 bits per heavy atom. The minimum atomic E-state index is -0.849. The second-order valence-corrected chi connectivity index (χ2v) is 3.80. The maximum Gasteiger partial charge on any atom is 0.306 e. The summed E-state index contributed by atoms with van der Waals surface area (Å²) in [4.78, 5) is 11.0. The summed E-state index contributed by atoms with van der Waals surface area (Å²) in [6.07, 6.45) is 1.56. The van der Waals surface area contributed by atoms with E-state index in [0.29, 0.717) is 31.4 Å². The van der Waals surface area contributed by atoms with Gasteiger partial charge in [-0.2, -0.15) is 0 Å². The number of hydrogen-bond donors (Lipinski definition) is 2. The molecule has 0 radical (unpaired) electrons. The van der Waals surface area contributed by atoms with Crippen LogP contribution in [-0.4, -0.2) is 17.6 Å². The van der Waals surface area contributed by atoms with Gasteiger partial charge in [-0.05, 0) is 43.5 Å². The number of rotatable bonds is 6. The van der Waals surface area contributed by atoms with Crippen LogP contribution in [0.4, 0.5) is 4.39 Å². The molecule has 4 heteroatoms. The van der Waals surface area contributed by atoms with Crippen molar-refractivity contribution in [2.45, 2.75) is 19.3 Å². The smallest absolute Gasteiger partial charge is 0.306 e. The van der Waals surface area contributed by atoms with Gasteiger partial charge in [-0.1, -0.05) is 12.1 Å². The first-order valence-corrected chi connectivity index (χ1v) is 5.31. The molecule has 0 aromatic heterocycles. The molecule has 1 aromatic carbocycles. The number of carboxylic acids is 1. The standard InChI is InChI=1S/C12H16FNO2/c13-11-5-1-3-9(8-11)7-10(12(15)16)4-2-6-14/h1,3,5,8,10H,2,4,6-7,14H2,(H,15,16). The predicted octanol–water partition coefficient (Wildman–Crippen LogP) is 1.81. The summed E-state index contributed by atoms with van der Waals surface area (Å²) in [5.74, 6) is -1.66. The van der Waals surface area contributed by atoms with E-state index in [4.69, 9.17) is 10.8 Å². The number of benzene rings is 1. The molecule has 3 N–H and O–H groups in total. The zero-order valence-electron chi connectivity index (χ0n) is 9.03. The third-order valence-electron chi connectivity index (χ3n) is 2.48. The van der Waals surface area contributed by atoms with Crippen LogP contribution in [0.5, 0.6) is 0 Å². The van der Waals surface area contributed by atoms with Crippen molar-refractivity contribution < 1.29 is 14.3 Å². The van der Waals surface area contributed by atoms with Crippen LogP contribution in [0, 0.1) is 11.7 Å². The Balaban J connectivity index is 2.64. The van der Waals surface area contributed by atoms with E-state index < -0.39 is 11.9 Å². The fourth-order valence-electron chi connectivity index (χ4n) is 1.63. The van der Waals surface area contributed by atoms with Crippen molar-refractivity contribution in [2.75, 3.05) is 6.54 Å². The Hall–Kier alpha value is -1.42. The first-order chi connectivity index (χ1) is 7.63. The minimum Gasteiger partial charge on any atom is -0.481 e. The van der Waals surface area contributed by atoms with E-state index in [1.807, 2.05) is 0 Å². The van der Waals surface area contributed by atoms with Gasteiger partial charge in [0.05, 0.1) is 5.92 Å². The number of carboxylic acid groups (broad SMARTS) is 1. The lowest BCUT2D eigenvalue weighted by Gasteiger charge is -2.11. The Morgan fingerprint density at radius 3 is 2.81 bits per heavy atom. The Bertz CT molecular complexity index is 355. The molecule has 1 rings (SSSR count). The summed E-state index contributed by atoms with van der Waals surface area (Å²) in [6, 6.07) is 6.05. The average molecular weight is 225 g/mol. The molecule has 1 atom stereocenters. The molecule has 0 fully saturated rings. The van der Waals surface area contributed by atoms with E-state index in [1.165, 1.54) is 12.1 Å². The lowest BCUT2D eigenvalue weighted by molar-refractivity contribution is -0.141. The predicted molar refractivity (Wildman–Crippen MR) is 59.5 cm³/mol. The van der Waals surface area contributed by atoms with Crippen LogP contribution >= 0.6 is 0 Å². The molecule has 1 unspecified atom stereocenters. The van der Waals surface area contributed by atoms with Crippen molar-refractivity contribution in [3.63, 3.8) is 0 Å². The summed E-state index contributed by atoms with van der Waals surface area (Å²) in [5.41, 5.74) is 6.05. The molecule has 0 aliphatic rings. The van der Waals surface area contributed by atoms with Crippen LogP contribution in [0.1, 0.15) is 18.4 Å². The van der Waals surface area contributed by atoms with Crippen LogP contribution in [0.3, 0.4) is 0 Å². The molecular formula is C12H16FNO2. The molecule has 16 heavy (non-hydrogen) atoms. The number of nitrogens with two attached hydrogens (primary N) is 1. The molecule has 0 saturated carbocycles. The van der Waals surface area contributed by atoms with E-state index in [0.717, 1.165) is 0 Å². The third kappa shape index (κ3) is 3.98. The molecule has 88 valence electrons. The fraction of sp³-hybridized carbons (Fsp3) is 0.417. The lowest BCUT2D eigenvalue weighted by atomic mass is 9.95. The van der Waals surface area contributed by atoms with Crippen molar-refractivity contribution in [1.29, 1.82) is 0 Å². The van der Waals surface area contributed by atoms with Crippen LogP contribution in [0.15, 0.2) is 24.3 Å². The summed E-state index contributed by atoms with van der Waals surface area (Å²) in [6.45, 7) is 0.479. The molecule has 1 aromatic rings. The first kappa shape index (κ1) is 12.6. The molecule has 0 aliphatic heterocycles. The van der Waals surface area contributed by atoms with Gasteiger partial charge >= 0.3 is 5.97 Å². The Morgan fingerprint density at radius 2 is 2.25 bits per heavy atom. The maximum atomic E-state index is 12.9. The SMILES string of the molecule is NCCCC(Cc1cccc(F)c1)C(=O)O. The first-order valence-electron chi connectivity index (χ1n) is 5.31. The molecule has 0 aliphatic carbocycles. The van der Waals surface area contributed by atoms with Gasteiger partial charge in [0.15, 0.2) is 0 Å². The van der Waals surface area contributed by atoms with Crippen LogP contribution in [0.25, 0.3) is 0 Å². The van der Waals surface area contributed by atoms with E-state index in [9.17, 15) is 9.18 Å². The van der Waals surface area contributed by atoms with E-state index in [1.54, 1.807) is 12.1 Å². The van der Waals surface area contributed by atoms with Gasteiger partial charge in [-0.3, -0.25) is 4.79 Å². The van der Waals surface area contributed by atoms with Crippen molar-refractivity contribution in [3.05, 3.63) is 35.6 Å². The summed E-state index contributed by atoms with van der Waals surface area (Å²) in [5, 5.41) is 9.00. The molecule has 0 spiro atoms. The van der Waals surface area contributed by atoms with E-state index >= 15 is 0 Å². The molecule has 0 amide bonds. The zero-order valence-corrected chi connectivity index (χ0v) is 9.03. The monoisotopic (exact) mass is 225 g/mol. The Labute approximate surface area is 94.1 Å². The zero-order chi connectivity index (χ0) is 12.0. The van der Waals surface area contributed by atoms with Crippen LogP contribution in [-0.2, 0) is 11.2 Å². The highest BCUT2D eigenvalue weighted by atomic mass is 19.1. The van der Waals surface area contributed by atoms with E-state index in [-0.39, 0.29) is 5.82 Å². The highest BCUT2D eigenvalue weighted by Gasteiger charge is 2.17. The largest absolute Gasteiger partial charge is 0.481 e. The quantitative estimate of drug-likeness (QED) is 0.776. The Kier molecular flexibility index (Phi) is 4.92. The van der Waals surface area contributed by atoms with Gasteiger partial charge in [-0.25, -0.2) is 4.39 Å². The van der Waals surface area contributed by atoms with E-state index in [2.05, 4.69) is 0 Å². The van der Waals surface area contributed by atoms with Gasteiger partial charge in [0, 0.05) is 0 Å². The van der Waals surface area contributed by atoms with Crippen LogP contribution in [0.2, 0.25) is 0 Å². The normalized spacial score (nSPS) is 12.4. The molecule has 0 saturated heterocycles. The highest BCUT2D eigenvalue weighted by molar-refractivity contribution is 5.70. The van der Waals surface area contributed by atoms with Gasteiger partial charge in [0.2, 0.25) is 0 Å². The molecule has 3 nitrogen and oxygen atoms in total. The summed E-state index contributed by atoms with van der Waals surface area (Å²) >= 11 is 0. The minimum absolute atomic E-state index is 0.333. The summed E-state index contributed by atoms with van der Waals surface area (Å²) < 4.78 is 12.9. The number of halogens is 1. The summed E-state index contributed by atoms with van der Waals surface area (Å²) in [7, 11) is 0. The van der Waals surface area contributed by atoms with Gasteiger partial charge in [0.25, 0.3) is 0 Å². The van der Waals surface area contributed by atoms with Crippen molar-refractivity contribution in [2.24, 2.45) is 11.7 Å². The van der Waals surface area contributed by atoms with Crippen molar-refractivity contribution in [1.82, 2.24) is 0 Å². The van der Waals surface area contributed by atoms with Gasteiger partial charge < -0.3 is 10.8 Å². The van der Waals surface area contributed by atoms with Crippen molar-refractivity contribution >= 4 is 5.97 Å². The maximum absolute atomic E-state index is 12.9. The highest BCUT2D eigenvalue weighted by Crippen LogP contribution is 2.15. The topological polar surface area (TPSA) is 63.3 Å². The fourth-order valence-corrected chi connectivity index (χ4v) is 1.63. The average Bonchev–Trinajstić information content (AvgIpc) is 2.24. The third-order valence-corrected chi connectivity index (χ3v) is 2.48. The van der Waals surface area contributed by atoms with Gasteiger partial charge in [-0.15, -0.1) is 0 Å². The lowest BCUT2D eigenvalue weighted by Crippen LogP contribution is -2.18.